The number of aromatic nitrogens is 2. The van der Waals surface area contributed by atoms with E-state index in [0.29, 0.717) is 24.3 Å². The third-order valence-corrected chi connectivity index (χ3v) is 5.88. The molecule has 0 fully saturated rings. The summed E-state index contributed by atoms with van der Waals surface area (Å²) < 4.78 is 0. The van der Waals surface area contributed by atoms with Crippen molar-refractivity contribution in [2.24, 2.45) is 17.6 Å². The fraction of sp³-hybridized carbons (Fsp3) is 0.696. The number of rotatable bonds is 16. The van der Waals surface area contributed by atoms with Gasteiger partial charge in [0.25, 0.3) is 0 Å². The highest BCUT2D eigenvalue weighted by atomic mass is 32.2. The van der Waals surface area contributed by atoms with Gasteiger partial charge in [0.1, 0.15) is 18.1 Å². The van der Waals surface area contributed by atoms with Crippen LogP contribution in [0.5, 0.6) is 0 Å². The molecule has 1 aromatic heterocycles. The van der Waals surface area contributed by atoms with Crippen molar-refractivity contribution in [2.75, 3.05) is 12.0 Å². The predicted molar refractivity (Wildman–Crippen MR) is 136 cm³/mol. The molecule has 3 amide bonds. The number of carboxylic acid groups (broad SMARTS) is 1. The molecule has 0 saturated heterocycles. The summed E-state index contributed by atoms with van der Waals surface area (Å²) in [4.78, 5) is 57.1. The molecule has 0 aliphatic heterocycles. The topological polar surface area (TPSA) is 179 Å². The Morgan fingerprint density at radius 2 is 1.49 bits per heavy atom. The number of thioether (sulfide) groups is 1. The van der Waals surface area contributed by atoms with Gasteiger partial charge in [-0.1, -0.05) is 27.7 Å². The van der Waals surface area contributed by atoms with Gasteiger partial charge in [-0.3, -0.25) is 14.4 Å². The van der Waals surface area contributed by atoms with Crippen molar-refractivity contribution in [1.82, 2.24) is 25.9 Å². The van der Waals surface area contributed by atoms with Crippen LogP contribution in [0.4, 0.5) is 0 Å². The number of carbonyl (C=O) groups excluding carboxylic acids is 3. The van der Waals surface area contributed by atoms with Gasteiger partial charge in [-0.25, -0.2) is 9.78 Å². The van der Waals surface area contributed by atoms with Gasteiger partial charge in [-0.05, 0) is 43.1 Å². The Bertz CT molecular complexity index is 817. The average molecular weight is 513 g/mol. The van der Waals surface area contributed by atoms with Gasteiger partial charge < -0.3 is 31.8 Å². The molecule has 11 nitrogen and oxygen atoms in total. The summed E-state index contributed by atoms with van der Waals surface area (Å²) in [5.41, 5.74) is 6.71. The molecule has 0 aliphatic rings. The number of carbonyl (C=O) groups is 4. The van der Waals surface area contributed by atoms with Crippen LogP contribution in [-0.4, -0.2) is 74.9 Å². The first-order chi connectivity index (χ1) is 16.4. The summed E-state index contributed by atoms with van der Waals surface area (Å²) in [6, 6.07) is -3.78. The summed E-state index contributed by atoms with van der Waals surface area (Å²) in [6.45, 7) is 7.63. The van der Waals surface area contributed by atoms with Crippen LogP contribution in [0, 0.1) is 11.8 Å². The average Bonchev–Trinajstić information content (AvgIpc) is 3.27. The van der Waals surface area contributed by atoms with Gasteiger partial charge in [0.15, 0.2) is 0 Å². The van der Waals surface area contributed by atoms with Crippen molar-refractivity contribution in [3.8, 4) is 0 Å². The van der Waals surface area contributed by atoms with Crippen molar-refractivity contribution in [3.63, 3.8) is 0 Å². The van der Waals surface area contributed by atoms with Crippen molar-refractivity contribution in [1.29, 1.82) is 0 Å². The Hall–Kier alpha value is -2.60. The second-order valence-electron chi connectivity index (χ2n) is 9.45. The molecule has 0 bridgehead atoms. The smallest absolute Gasteiger partial charge is 0.326 e. The monoisotopic (exact) mass is 512 g/mol. The molecule has 0 aromatic carbocycles. The van der Waals surface area contributed by atoms with Gasteiger partial charge in [0, 0.05) is 18.3 Å². The number of nitrogens with one attached hydrogen (secondary N) is 4. The lowest BCUT2D eigenvalue weighted by atomic mass is 9.99. The number of aromatic amines is 1. The maximum absolute atomic E-state index is 13.2. The Kier molecular flexibility index (Phi) is 13.4. The van der Waals surface area contributed by atoms with Crippen LogP contribution in [0.1, 0.15) is 52.7 Å². The first-order valence-corrected chi connectivity index (χ1v) is 13.2. The summed E-state index contributed by atoms with van der Waals surface area (Å²) >= 11 is 1.48. The molecule has 12 heteroatoms. The molecular formula is C23H40N6O5S. The fourth-order valence-corrected chi connectivity index (χ4v) is 3.92. The minimum atomic E-state index is -1.13. The molecule has 1 rings (SSSR count). The molecule has 0 aliphatic carbocycles. The molecule has 4 atom stereocenters. The highest BCUT2D eigenvalue weighted by Crippen LogP contribution is 2.10. The molecular weight excluding hydrogens is 472 g/mol. The maximum atomic E-state index is 13.2. The number of nitrogens with zero attached hydrogens (tertiary/aromatic N) is 1. The second-order valence-corrected chi connectivity index (χ2v) is 10.4. The first kappa shape index (κ1) is 30.4. The summed E-state index contributed by atoms with van der Waals surface area (Å²) in [7, 11) is 0. The number of hydrogen-bond acceptors (Lipinski definition) is 7. The fourth-order valence-electron chi connectivity index (χ4n) is 3.45. The van der Waals surface area contributed by atoms with Crippen LogP contribution in [0.25, 0.3) is 0 Å². The normalized spacial score (nSPS) is 14.7. The van der Waals surface area contributed by atoms with Gasteiger partial charge >= 0.3 is 5.97 Å². The van der Waals surface area contributed by atoms with Gasteiger partial charge in [-0.2, -0.15) is 11.8 Å². The zero-order valence-corrected chi connectivity index (χ0v) is 22.0. The lowest BCUT2D eigenvalue weighted by Crippen LogP contribution is -2.57. The molecule has 0 radical (unpaired) electrons. The van der Waals surface area contributed by atoms with Crippen molar-refractivity contribution in [2.45, 2.75) is 77.5 Å². The lowest BCUT2D eigenvalue weighted by Gasteiger charge is -2.26. The molecule has 0 saturated carbocycles. The lowest BCUT2D eigenvalue weighted by molar-refractivity contribution is -0.142. The Labute approximate surface area is 211 Å². The van der Waals surface area contributed by atoms with Crippen LogP contribution in [-0.2, 0) is 25.6 Å². The van der Waals surface area contributed by atoms with E-state index in [4.69, 9.17) is 5.73 Å². The predicted octanol–water partition coefficient (Wildman–Crippen LogP) is 0.664. The van der Waals surface area contributed by atoms with E-state index in [1.165, 1.54) is 18.1 Å². The van der Waals surface area contributed by atoms with E-state index in [0.717, 1.165) is 0 Å². The van der Waals surface area contributed by atoms with E-state index in [9.17, 15) is 24.3 Å². The molecule has 0 spiro atoms. The van der Waals surface area contributed by atoms with E-state index in [-0.39, 0.29) is 24.7 Å². The highest BCUT2D eigenvalue weighted by Gasteiger charge is 2.31. The maximum Gasteiger partial charge on any atom is 0.326 e. The molecule has 198 valence electrons. The van der Waals surface area contributed by atoms with Gasteiger partial charge in [0.2, 0.25) is 17.7 Å². The van der Waals surface area contributed by atoms with Crippen LogP contribution < -0.4 is 21.7 Å². The van der Waals surface area contributed by atoms with Crippen LogP contribution >= 0.6 is 11.8 Å². The standard InChI is InChI=1S/C23H40N6O5S/c1-13(2)8-18(28-20(30)16(24)10-15-11-25-12-26-15)22(32)29-19(9-14(3)4)21(31)27-17(23(33)34)6-7-35-5/h11-14,16-19H,6-10,24H2,1-5H3,(H,25,26)(H,27,31)(H,28,30)(H,29,32)(H,33,34). The number of H-pyrrole nitrogens is 1. The number of nitrogens with two attached hydrogens (primary N) is 1. The molecule has 7 N–H and O–H groups in total. The Balaban J connectivity index is 2.92. The second kappa shape index (κ2) is 15.4. The highest BCUT2D eigenvalue weighted by molar-refractivity contribution is 7.98. The summed E-state index contributed by atoms with van der Waals surface area (Å²) in [6.07, 6.45) is 6.07. The molecule has 35 heavy (non-hydrogen) atoms. The largest absolute Gasteiger partial charge is 0.480 e. The number of hydrogen-bond donors (Lipinski definition) is 6. The number of carboxylic acids is 1. The van der Waals surface area contributed by atoms with Crippen LogP contribution in [0.2, 0.25) is 0 Å². The van der Waals surface area contributed by atoms with Gasteiger partial charge in [-0.15, -0.1) is 0 Å². The number of amides is 3. The van der Waals surface area contributed by atoms with E-state index < -0.39 is 47.9 Å². The van der Waals surface area contributed by atoms with E-state index in [1.807, 2.05) is 34.0 Å². The van der Waals surface area contributed by atoms with Crippen molar-refractivity contribution >= 4 is 35.5 Å². The van der Waals surface area contributed by atoms with Gasteiger partial charge in [0.05, 0.1) is 12.4 Å². The molecule has 1 aromatic rings. The summed E-state index contributed by atoms with van der Waals surface area (Å²) in [5.74, 6) is -1.99. The van der Waals surface area contributed by atoms with E-state index >= 15 is 0 Å². The SMILES string of the molecule is CSCCC(NC(=O)C(CC(C)C)NC(=O)C(CC(C)C)NC(=O)C(N)Cc1cnc[nH]1)C(=O)O. The number of imidazole rings is 1. The van der Waals surface area contributed by atoms with Crippen LogP contribution in [0.3, 0.4) is 0 Å². The van der Waals surface area contributed by atoms with Crippen molar-refractivity contribution in [3.05, 3.63) is 18.2 Å². The van der Waals surface area contributed by atoms with E-state index in [2.05, 4.69) is 25.9 Å². The third kappa shape index (κ3) is 11.6. The molecule has 4 unspecified atom stereocenters. The zero-order chi connectivity index (χ0) is 26.5. The minimum absolute atomic E-state index is 0.0569. The third-order valence-electron chi connectivity index (χ3n) is 5.24. The quantitative estimate of drug-likeness (QED) is 0.187. The van der Waals surface area contributed by atoms with Crippen molar-refractivity contribution < 1.29 is 24.3 Å². The number of aliphatic carboxylic acids is 1. The Morgan fingerprint density at radius 3 is 1.91 bits per heavy atom. The summed E-state index contributed by atoms with van der Waals surface area (Å²) in [5, 5.41) is 17.4. The van der Waals surface area contributed by atoms with E-state index in [1.54, 1.807) is 6.20 Å². The minimum Gasteiger partial charge on any atom is -0.480 e. The zero-order valence-electron chi connectivity index (χ0n) is 21.2. The van der Waals surface area contributed by atoms with Crippen LogP contribution in [0.15, 0.2) is 12.5 Å². The molecule has 1 heterocycles. The first-order valence-electron chi connectivity index (χ1n) is 11.8. The Morgan fingerprint density at radius 1 is 0.971 bits per heavy atom.